The summed E-state index contributed by atoms with van der Waals surface area (Å²) in [5.41, 5.74) is 2.29. The predicted molar refractivity (Wildman–Crippen MR) is 67.6 cm³/mol. The van der Waals surface area contributed by atoms with Gasteiger partial charge in [0.05, 0.1) is 17.1 Å². The molecule has 0 spiro atoms. The van der Waals surface area contributed by atoms with Crippen LogP contribution in [0, 0.1) is 0 Å². The Bertz CT molecular complexity index is 485. The zero-order chi connectivity index (χ0) is 11.7. The van der Waals surface area contributed by atoms with Crippen molar-refractivity contribution in [2.75, 3.05) is 7.05 Å². The summed E-state index contributed by atoms with van der Waals surface area (Å²) in [6.45, 7) is 6.53. The number of nitrogens with one attached hydrogen (secondary N) is 1. The van der Waals surface area contributed by atoms with E-state index in [9.17, 15) is 0 Å². The van der Waals surface area contributed by atoms with Gasteiger partial charge in [0.1, 0.15) is 5.82 Å². The lowest BCUT2D eigenvalue weighted by Crippen LogP contribution is -2.18. The fraction of sp³-hybridized carbons (Fsp3) is 0.462. The smallest absolute Gasteiger partial charge is 0.127 e. The SMILES string of the molecule is CNC(C)c1nc2ccccc2n1C(C)C. The molecule has 2 aromatic rings. The summed E-state index contributed by atoms with van der Waals surface area (Å²) in [7, 11) is 1.97. The molecule has 0 amide bonds. The van der Waals surface area contributed by atoms with Gasteiger partial charge in [0.15, 0.2) is 0 Å². The van der Waals surface area contributed by atoms with Gasteiger partial charge in [-0.1, -0.05) is 12.1 Å². The summed E-state index contributed by atoms with van der Waals surface area (Å²) in [5.74, 6) is 1.11. The molecule has 3 heteroatoms. The summed E-state index contributed by atoms with van der Waals surface area (Å²) in [4.78, 5) is 4.71. The molecule has 0 radical (unpaired) electrons. The van der Waals surface area contributed by atoms with Crippen LogP contribution in [0.3, 0.4) is 0 Å². The summed E-state index contributed by atoms with van der Waals surface area (Å²) < 4.78 is 2.30. The Balaban J connectivity index is 2.68. The van der Waals surface area contributed by atoms with E-state index in [1.165, 1.54) is 5.52 Å². The van der Waals surface area contributed by atoms with E-state index in [1.54, 1.807) is 0 Å². The summed E-state index contributed by atoms with van der Waals surface area (Å²) in [6, 6.07) is 9.01. The molecular formula is C13H19N3. The molecule has 86 valence electrons. The van der Waals surface area contributed by atoms with Gasteiger partial charge < -0.3 is 9.88 Å². The second-order valence-electron chi connectivity index (χ2n) is 4.43. The van der Waals surface area contributed by atoms with Crippen molar-refractivity contribution in [1.82, 2.24) is 14.9 Å². The minimum absolute atomic E-state index is 0.273. The van der Waals surface area contributed by atoms with Crippen LogP contribution in [0.1, 0.15) is 38.7 Å². The third-order valence-corrected chi connectivity index (χ3v) is 2.96. The predicted octanol–water partition coefficient (Wildman–Crippen LogP) is 2.90. The van der Waals surface area contributed by atoms with Gasteiger partial charge in [0.25, 0.3) is 0 Å². The van der Waals surface area contributed by atoms with Crippen molar-refractivity contribution in [3.63, 3.8) is 0 Å². The number of aromatic nitrogens is 2. The van der Waals surface area contributed by atoms with Crippen molar-refractivity contribution in [3.05, 3.63) is 30.1 Å². The van der Waals surface area contributed by atoms with Crippen molar-refractivity contribution in [1.29, 1.82) is 0 Å². The van der Waals surface area contributed by atoms with Crippen molar-refractivity contribution in [2.45, 2.75) is 32.9 Å². The lowest BCUT2D eigenvalue weighted by Gasteiger charge is -2.16. The van der Waals surface area contributed by atoms with Gasteiger partial charge in [-0.25, -0.2) is 4.98 Å². The molecule has 1 aromatic carbocycles. The Hall–Kier alpha value is -1.35. The third kappa shape index (κ3) is 1.71. The standard InChI is InChI=1S/C13H19N3/c1-9(2)16-12-8-6-5-7-11(12)15-13(16)10(3)14-4/h5-10,14H,1-4H3. The molecule has 16 heavy (non-hydrogen) atoms. The van der Waals surface area contributed by atoms with Crippen molar-refractivity contribution < 1.29 is 0 Å². The molecule has 2 rings (SSSR count). The number of hydrogen-bond acceptors (Lipinski definition) is 2. The van der Waals surface area contributed by atoms with Crippen LogP contribution in [0.2, 0.25) is 0 Å². The molecule has 3 nitrogen and oxygen atoms in total. The summed E-state index contributed by atoms with van der Waals surface area (Å²) in [6.07, 6.45) is 0. The zero-order valence-electron chi connectivity index (χ0n) is 10.4. The Morgan fingerprint density at radius 3 is 2.50 bits per heavy atom. The van der Waals surface area contributed by atoms with Crippen LogP contribution in [-0.2, 0) is 0 Å². The van der Waals surface area contributed by atoms with Crippen LogP contribution >= 0.6 is 0 Å². The van der Waals surface area contributed by atoms with Gasteiger partial charge in [-0.05, 0) is 40.0 Å². The Labute approximate surface area is 96.5 Å². The minimum atomic E-state index is 0.273. The van der Waals surface area contributed by atoms with Crippen LogP contribution in [0.25, 0.3) is 11.0 Å². The van der Waals surface area contributed by atoms with Crippen LogP contribution in [0.4, 0.5) is 0 Å². The molecule has 1 N–H and O–H groups in total. The Morgan fingerprint density at radius 1 is 1.19 bits per heavy atom. The molecule has 1 aromatic heterocycles. The van der Waals surface area contributed by atoms with E-state index in [1.807, 2.05) is 13.1 Å². The molecular weight excluding hydrogens is 198 g/mol. The van der Waals surface area contributed by atoms with Gasteiger partial charge in [-0.15, -0.1) is 0 Å². The first-order valence-corrected chi connectivity index (χ1v) is 5.79. The first-order valence-electron chi connectivity index (χ1n) is 5.79. The highest BCUT2D eigenvalue weighted by atomic mass is 15.1. The summed E-state index contributed by atoms with van der Waals surface area (Å²) in [5, 5.41) is 3.25. The van der Waals surface area contributed by atoms with Crippen LogP contribution < -0.4 is 5.32 Å². The largest absolute Gasteiger partial charge is 0.324 e. The number of benzene rings is 1. The molecule has 0 aliphatic heterocycles. The molecule has 0 aliphatic carbocycles. The fourth-order valence-electron chi connectivity index (χ4n) is 2.04. The molecule has 0 aliphatic rings. The Morgan fingerprint density at radius 2 is 1.88 bits per heavy atom. The van der Waals surface area contributed by atoms with Gasteiger partial charge in [0.2, 0.25) is 0 Å². The first-order chi connectivity index (χ1) is 7.65. The molecule has 1 unspecified atom stereocenters. The van der Waals surface area contributed by atoms with Crippen LogP contribution in [0.5, 0.6) is 0 Å². The van der Waals surface area contributed by atoms with Gasteiger partial charge in [-0.3, -0.25) is 0 Å². The normalized spacial score (nSPS) is 13.6. The van der Waals surface area contributed by atoms with Crippen LogP contribution in [-0.4, -0.2) is 16.6 Å². The average Bonchev–Trinajstić information content (AvgIpc) is 2.67. The number of imidazole rings is 1. The van der Waals surface area contributed by atoms with Crippen molar-refractivity contribution >= 4 is 11.0 Å². The Kier molecular flexibility index (Phi) is 2.97. The van der Waals surface area contributed by atoms with E-state index in [4.69, 9.17) is 4.98 Å². The van der Waals surface area contributed by atoms with E-state index in [-0.39, 0.29) is 6.04 Å². The highest BCUT2D eigenvalue weighted by Crippen LogP contribution is 2.24. The number of para-hydroxylation sites is 2. The van der Waals surface area contributed by atoms with Gasteiger partial charge >= 0.3 is 0 Å². The van der Waals surface area contributed by atoms with Gasteiger partial charge in [0, 0.05) is 6.04 Å². The highest BCUT2D eigenvalue weighted by molar-refractivity contribution is 5.76. The number of fused-ring (bicyclic) bond motifs is 1. The quantitative estimate of drug-likeness (QED) is 0.856. The van der Waals surface area contributed by atoms with Crippen LogP contribution in [0.15, 0.2) is 24.3 Å². The fourth-order valence-corrected chi connectivity index (χ4v) is 2.04. The lowest BCUT2D eigenvalue weighted by atomic mass is 10.2. The monoisotopic (exact) mass is 217 g/mol. The average molecular weight is 217 g/mol. The zero-order valence-corrected chi connectivity index (χ0v) is 10.4. The second kappa shape index (κ2) is 4.26. The minimum Gasteiger partial charge on any atom is -0.324 e. The summed E-state index contributed by atoms with van der Waals surface area (Å²) >= 11 is 0. The second-order valence-corrected chi connectivity index (χ2v) is 4.43. The maximum Gasteiger partial charge on any atom is 0.127 e. The number of nitrogens with zero attached hydrogens (tertiary/aromatic N) is 2. The molecule has 1 heterocycles. The number of rotatable bonds is 3. The molecule has 1 atom stereocenters. The molecule has 0 saturated carbocycles. The topological polar surface area (TPSA) is 29.9 Å². The number of hydrogen-bond donors (Lipinski definition) is 1. The van der Waals surface area contributed by atoms with E-state index in [2.05, 4.69) is 48.9 Å². The van der Waals surface area contributed by atoms with E-state index in [0.29, 0.717) is 6.04 Å². The maximum atomic E-state index is 4.71. The van der Waals surface area contributed by atoms with E-state index in [0.717, 1.165) is 11.3 Å². The highest BCUT2D eigenvalue weighted by Gasteiger charge is 2.16. The maximum absolute atomic E-state index is 4.71. The van der Waals surface area contributed by atoms with Gasteiger partial charge in [-0.2, -0.15) is 0 Å². The third-order valence-electron chi connectivity index (χ3n) is 2.96. The molecule has 0 bridgehead atoms. The molecule has 0 saturated heterocycles. The van der Waals surface area contributed by atoms with Crippen molar-refractivity contribution in [2.24, 2.45) is 0 Å². The van der Waals surface area contributed by atoms with E-state index < -0.39 is 0 Å². The van der Waals surface area contributed by atoms with Crippen molar-refractivity contribution in [3.8, 4) is 0 Å². The van der Waals surface area contributed by atoms with E-state index >= 15 is 0 Å². The molecule has 0 fully saturated rings. The first kappa shape index (κ1) is 11.1. The lowest BCUT2D eigenvalue weighted by molar-refractivity contribution is 0.521.